The third-order valence-electron chi connectivity index (χ3n) is 6.24. The number of aryl methyl sites for hydroxylation is 1. The molecule has 142 valence electrons. The Bertz CT molecular complexity index is 528. The van der Waals surface area contributed by atoms with E-state index in [1.54, 1.807) is 0 Å². The summed E-state index contributed by atoms with van der Waals surface area (Å²) in [6, 6.07) is 0.627. The summed E-state index contributed by atoms with van der Waals surface area (Å²) in [5, 5.41) is 17.4. The molecule has 2 aliphatic rings. The maximum atomic E-state index is 9.14. The minimum atomic E-state index is 0.147. The number of hydrogen-bond acceptors (Lipinski definition) is 4. The van der Waals surface area contributed by atoms with Gasteiger partial charge in [-0.1, -0.05) is 19.3 Å². The van der Waals surface area contributed by atoms with Crippen LogP contribution in [0.1, 0.15) is 61.9 Å². The first-order chi connectivity index (χ1) is 12.2. The Morgan fingerprint density at radius 3 is 2.48 bits per heavy atom. The van der Waals surface area contributed by atoms with Gasteiger partial charge in [0, 0.05) is 30.4 Å². The Morgan fingerprint density at radius 2 is 1.80 bits per heavy atom. The van der Waals surface area contributed by atoms with E-state index in [0.29, 0.717) is 12.6 Å². The molecule has 0 spiro atoms. The topological polar surface area (TPSA) is 53.3 Å². The molecule has 0 atom stereocenters. The van der Waals surface area contributed by atoms with Crippen LogP contribution in [0.2, 0.25) is 0 Å². The lowest BCUT2D eigenvalue weighted by Crippen LogP contribution is -2.44. The molecule has 5 heteroatoms. The lowest BCUT2D eigenvalue weighted by atomic mass is 9.88. The Labute approximate surface area is 152 Å². The Kier molecular flexibility index (Phi) is 6.91. The summed E-state index contributed by atoms with van der Waals surface area (Å²) >= 11 is 0. The molecule has 1 aromatic rings. The number of piperidine rings is 1. The fraction of sp³-hybridized carbons (Fsp3) is 0.850. The van der Waals surface area contributed by atoms with Crippen molar-refractivity contribution in [3.05, 3.63) is 17.0 Å². The molecule has 2 fully saturated rings. The summed E-state index contributed by atoms with van der Waals surface area (Å²) < 4.78 is 1.93. The molecule has 1 saturated heterocycles. The van der Waals surface area contributed by atoms with Crippen molar-refractivity contribution in [2.75, 3.05) is 26.2 Å². The second-order valence-electron chi connectivity index (χ2n) is 8.06. The highest BCUT2D eigenvalue weighted by atomic mass is 16.3. The average Bonchev–Trinajstić information content (AvgIpc) is 2.89. The summed E-state index contributed by atoms with van der Waals surface area (Å²) in [5.74, 6) is 0.959. The molecule has 1 saturated carbocycles. The number of hydrogen-bond donors (Lipinski definition) is 2. The zero-order valence-corrected chi connectivity index (χ0v) is 16.1. The van der Waals surface area contributed by atoms with Gasteiger partial charge in [0.05, 0.1) is 18.8 Å². The van der Waals surface area contributed by atoms with E-state index in [1.165, 1.54) is 75.8 Å². The molecule has 5 nitrogen and oxygen atoms in total. The molecule has 0 amide bonds. The lowest BCUT2D eigenvalue weighted by Gasteiger charge is -2.35. The molecule has 0 unspecified atom stereocenters. The molecule has 1 aliphatic heterocycles. The van der Waals surface area contributed by atoms with Gasteiger partial charge in [0.1, 0.15) is 0 Å². The molecule has 1 aromatic heterocycles. The average molecular weight is 349 g/mol. The van der Waals surface area contributed by atoms with Crippen LogP contribution in [0.25, 0.3) is 0 Å². The van der Waals surface area contributed by atoms with Crippen LogP contribution in [0.15, 0.2) is 0 Å². The molecule has 0 bridgehead atoms. The fourth-order valence-corrected chi connectivity index (χ4v) is 4.60. The largest absolute Gasteiger partial charge is 0.394 e. The number of aromatic nitrogens is 2. The maximum absolute atomic E-state index is 9.14. The molecule has 0 aromatic carbocycles. The van der Waals surface area contributed by atoms with Gasteiger partial charge < -0.3 is 15.3 Å². The SMILES string of the molecule is Cc1nn(CCO)c(C)c1CNC1CCN(CC2CCCCC2)CC1. The minimum Gasteiger partial charge on any atom is -0.394 e. The zero-order valence-electron chi connectivity index (χ0n) is 16.1. The van der Waals surface area contributed by atoms with Crippen LogP contribution in [0.5, 0.6) is 0 Å². The molecule has 2 N–H and O–H groups in total. The van der Waals surface area contributed by atoms with E-state index in [0.717, 1.165) is 18.2 Å². The lowest BCUT2D eigenvalue weighted by molar-refractivity contribution is 0.155. The highest BCUT2D eigenvalue weighted by molar-refractivity contribution is 5.24. The van der Waals surface area contributed by atoms with E-state index in [-0.39, 0.29) is 6.61 Å². The molecule has 3 rings (SSSR count). The maximum Gasteiger partial charge on any atom is 0.0644 e. The summed E-state index contributed by atoms with van der Waals surface area (Å²) in [7, 11) is 0. The molecule has 1 aliphatic carbocycles. The molecular formula is C20H36N4O. The van der Waals surface area contributed by atoms with Gasteiger partial charge in [-0.15, -0.1) is 0 Å². The summed E-state index contributed by atoms with van der Waals surface area (Å²) in [4.78, 5) is 2.70. The third-order valence-corrected chi connectivity index (χ3v) is 6.24. The summed E-state index contributed by atoms with van der Waals surface area (Å²) in [6.07, 6.45) is 9.78. The van der Waals surface area contributed by atoms with E-state index in [1.807, 2.05) is 4.68 Å². The van der Waals surface area contributed by atoms with Gasteiger partial charge in [0.25, 0.3) is 0 Å². The van der Waals surface area contributed by atoms with Crippen molar-refractivity contribution in [2.24, 2.45) is 5.92 Å². The molecular weight excluding hydrogens is 312 g/mol. The molecule has 25 heavy (non-hydrogen) atoms. The zero-order chi connectivity index (χ0) is 17.6. The quantitative estimate of drug-likeness (QED) is 0.795. The normalized spacial score (nSPS) is 21.1. The predicted molar refractivity (Wildman–Crippen MR) is 102 cm³/mol. The van der Waals surface area contributed by atoms with E-state index >= 15 is 0 Å². The number of nitrogens with zero attached hydrogens (tertiary/aromatic N) is 3. The van der Waals surface area contributed by atoms with Crippen molar-refractivity contribution in [3.63, 3.8) is 0 Å². The van der Waals surface area contributed by atoms with Gasteiger partial charge in [-0.25, -0.2) is 0 Å². The first kappa shape index (κ1) is 18.9. The first-order valence-electron chi connectivity index (χ1n) is 10.3. The number of rotatable bonds is 7. The first-order valence-corrected chi connectivity index (χ1v) is 10.3. The number of aliphatic hydroxyl groups is 1. The highest BCUT2D eigenvalue weighted by Crippen LogP contribution is 2.25. The van der Waals surface area contributed by atoms with Crippen molar-refractivity contribution in [2.45, 2.75) is 77.9 Å². The number of nitrogens with one attached hydrogen (secondary N) is 1. The molecule has 0 radical (unpaired) electrons. The number of likely N-dealkylation sites (tertiary alicyclic amines) is 1. The van der Waals surface area contributed by atoms with E-state index in [4.69, 9.17) is 5.11 Å². The Balaban J connectivity index is 1.42. The van der Waals surface area contributed by atoms with Crippen molar-refractivity contribution in [1.82, 2.24) is 20.0 Å². The van der Waals surface area contributed by atoms with E-state index in [9.17, 15) is 0 Å². The van der Waals surface area contributed by atoms with Gasteiger partial charge in [-0.05, 0) is 58.5 Å². The van der Waals surface area contributed by atoms with Crippen LogP contribution in [0.3, 0.4) is 0 Å². The van der Waals surface area contributed by atoms with E-state index in [2.05, 4.69) is 29.2 Å². The third kappa shape index (κ3) is 5.05. The summed E-state index contributed by atoms with van der Waals surface area (Å²) in [5.41, 5.74) is 3.58. The van der Waals surface area contributed by atoms with Crippen LogP contribution in [0, 0.1) is 19.8 Å². The fourth-order valence-electron chi connectivity index (χ4n) is 4.60. The van der Waals surface area contributed by atoms with Crippen LogP contribution in [-0.2, 0) is 13.1 Å². The van der Waals surface area contributed by atoms with Gasteiger partial charge in [0.15, 0.2) is 0 Å². The van der Waals surface area contributed by atoms with Crippen LogP contribution in [0.4, 0.5) is 0 Å². The standard InChI is InChI=1S/C20H36N4O/c1-16-20(17(2)24(22-16)12-13-25)14-21-19-8-10-23(11-9-19)15-18-6-4-3-5-7-18/h18-19,21,25H,3-15H2,1-2H3. The minimum absolute atomic E-state index is 0.147. The smallest absolute Gasteiger partial charge is 0.0644 e. The van der Waals surface area contributed by atoms with Gasteiger partial charge >= 0.3 is 0 Å². The Morgan fingerprint density at radius 1 is 1.08 bits per heavy atom. The van der Waals surface area contributed by atoms with Gasteiger partial charge in [-0.3, -0.25) is 4.68 Å². The van der Waals surface area contributed by atoms with Gasteiger partial charge in [-0.2, -0.15) is 5.10 Å². The van der Waals surface area contributed by atoms with Crippen molar-refractivity contribution in [3.8, 4) is 0 Å². The van der Waals surface area contributed by atoms with Crippen molar-refractivity contribution in [1.29, 1.82) is 0 Å². The van der Waals surface area contributed by atoms with Crippen LogP contribution >= 0.6 is 0 Å². The number of aliphatic hydroxyl groups excluding tert-OH is 1. The van der Waals surface area contributed by atoms with Gasteiger partial charge in [0.2, 0.25) is 0 Å². The summed E-state index contributed by atoms with van der Waals surface area (Å²) in [6.45, 7) is 9.64. The second kappa shape index (κ2) is 9.15. The second-order valence-corrected chi connectivity index (χ2v) is 8.06. The van der Waals surface area contributed by atoms with Crippen LogP contribution in [-0.4, -0.2) is 52.1 Å². The van der Waals surface area contributed by atoms with Crippen molar-refractivity contribution < 1.29 is 5.11 Å². The monoisotopic (exact) mass is 348 g/mol. The highest BCUT2D eigenvalue weighted by Gasteiger charge is 2.23. The van der Waals surface area contributed by atoms with Crippen molar-refractivity contribution >= 4 is 0 Å². The predicted octanol–water partition coefficient (Wildman–Crippen LogP) is 2.63. The Hall–Kier alpha value is -0.910. The van der Waals surface area contributed by atoms with E-state index < -0.39 is 0 Å². The van der Waals surface area contributed by atoms with Crippen LogP contribution < -0.4 is 5.32 Å². The molecule has 2 heterocycles.